The van der Waals surface area contributed by atoms with Crippen LogP contribution in [0.5, 0.6) is 0 Å². The van der Waals surface area contributed by atoms with Crippen molar-refractivity contribution < 1.29 is 18.4 Å². The highest BCUT2D eigenvalue weighted by atomic mass is 19.1. The third-order valence-electron chi connectivity index (χ3n) is 5.32. The SMILES string of the molecule is CC(NC(=O)NCc1ccccc1CN1CCOCC1)c1nc(-c2ccc(F)cc2)no1. The maximum absolute atomic E-state index is 13.1. The lowest BCUT2D eigenvalue weighted by atomic mass is 10.1. The zero-order valence-corrected chi connectivity index (χ0v) is 17.9. The van der Waals surface area contributed by atoms with E-state index in [-0.39, 0.29) is 17.7 Å². The van der Waals surface area contributed by atoms with Crippen molar-refractivity contribution >= 4 is 6.03 Å². The van der Waals surface area contributed by atoms with E-state index in [1.165, 1.54) is 17.7 Å². The molecule has 1 aliphatic heterocycles. The summed E-state index contributed by atoms with van der Waals surface area (Å²) in [6, 6.07) is 13.1. The summed E-state index contributed by atoms with van der Waals surface area (Å²) in [4.78, 5) is 19.1. The molecule has 3 aromatic rings. The first kappa shape index (κ1) is 21.9. The predicted molar refractivity (Wildman–Crippen MR) is 116 cm³/mol. The number of hydrogen-bond donors (Lipinski definition) is 2. The van der Waals surface area contributed by atoms with Crippen LogP contribution < -0.4 is 10.6 Å². The Labute approximate surface area is 185 Å². The summed E-state index contributed by atoms with van der Waals surface area (Å²) in [5.41, 5.74) is 2.89. The molecule has 4 rings (SSSR count). The predicted octanol–water partition coefficient (Wildman–Crippen LogP) is 3.27. The number of urea groups is 1. The Kier molecular flexibility index (Phi) is 7.08. The highest BCUT2D eigenvalue weighted by Gasteiger charge is 2.18. The molecule has 168 valence electrons. The van der Waals surface area contributed by atoms with Crippen LogP contribution in [0.3, 0.4) is 0 Å². The van der Waals surface area contributed by atoms with Gasteiger partial charge in [0.25, 0.3) is 0 Å². The number of benzene rings is 2. The third-order valence-corrected chi connectivity index (χ3v) is 5.32. The zero-order chi connectivity index (χ0) is 22.3. The van der Waals surface area contributed by atoms with Gasteiger partial charge in [-0.2, -0.15) is 4.98 Å². The average molecular weight is 439 g/mol. The molecule has 1 saturated heterocycles. The molecular weight excluding hydrogens is 413 g/mol. The van der Waals surface area contributed by atoms with Crippen LogP contribution in [0.1, 0.15) is 30.0 Å². The minimum Gasteiger partial charge on any atom is -0.379 e. The van der Waals surface area contributed by atoms with E-state index in [2.05, 4.69) is 31.7 Å². The molecule has 2 N–H and O–H groups in total. The first-order valence-electron chi connectivity index (χ1n) is 10.6. The molecule has 1 aromatic heterocycles. The second-order valence-electron chi connectivity index (χ2n) is 7.67. The van der Waals surface area contributed by atoms with Crippen molar-refractivity contribution in [3.8, 4) is 11.4 Å². The lowest BCUT2D eigenvalue weighted by molar-refractivity contribution is 0.0341. The largest absolute Gasteiger partial charge is 0.379 e. The molecule has 2 aromatic carbocycles. The van der Waals surface area contributed by atoms with Gasteiger partial charge in [0, 0.05) is 31.7 Å². The van der Waals surface area contributed by atoms with Crippen molar-refractivity contribution in [1.82, 2.24) is 25.7 Å². The van der Waals surface area contributed by atoms with Crippen LogP contribution in [0.25, 0.3) is 11.4 Å². The van der Waals surface area contributed by atoms with Crippen molar-refractivity contribution in [2.75, 3.05) is 26.3 Å². The molecule has 1 atom stereocenters. The Morgan fingerprint density at radius 1 is 1.12 bits per heavy atom. The summed E-state index contributed by atoms with van der Waals surface area (Å²) in [5, 5.41) is 9.62. The molecule has 0 spiro atoms. The Hall–Kier alpha value is -3.30. The first-order valence-corrected chi connectivity index (χ1v) is 10.6. The Morgan fingerprint density at radius 2 is 1.84 bits per heavy atom. The van der Waals surface area contributed by atoms with Crippen LogP contribution in [0.15, 0.2) is 53.1 Å². The van der Waals surface area contributed by atoms with Crippen LogP contribution in [-0.4, -0.2) is 47.4 Å². The second-order valence-corrected chi connectivity index (χ2v) is 7.67. The van der Waals surface area contributed by atoms with Crippen molar-refractivity contribution in [3.63, 3.8) is 0 Å². The molecule has 1 fully saturated rings. The maximum Gasteiger partial charge on any atom is 0.315 e. The van der Waals surface area contributed by atoms with Gasteiger partial charge in [0.05, 0.1) is 13.2 Å². The summed E-state index contributed by atoms with van der Waals surface area (Å²) in [6.45, 7) is 6.30. The minimum atomic E-state index is -0.486. The Bertz CT molecular complexity index is 1030. The monoisotopic (exact) mass is 439 g/mol. The van der Waals surface area contributed by atoms with Crippen LogP contribution in [0.4, 0.5) is 9.18 Å². The van der Waals surface area contributed by atoms with E-state index in [1.54, 1.807) is 19.1 Å². The number of carbonyl (C=O) groups excluding carboxylic acids is 1. The van der Waals surface area contributed by atoms with Crippen molar-refractivity contribution in [2.24, 2.45) is 0 Å². The standard InChI is InChI=1S/C23H26FN5O3/c1-16(22-27-21(28-32-22)17-6-8-20(24)9-7-17)26-23(30)25-14-18-4-2-3-5-19(18)15-29-10-12-31-13-11-29/h2-9,16H,10-15H2,1H3,(H2,25,26,30). The molecule has 0 bridgehead atoms. The fraction of sp³-hybridized carbons (Fsp3) is 0.348. The molecule has 0 saturated carbocycles. The maximum atomic E-state index is 13.1. The number of aromatic nitrogens is 2. The number of halogens is 1. The van der Waals surface area contributed by atoms with Crippen molar-refractivity contribution in [1.29, 1.82) is 0 Å². The molecule has 9 heteroatoms. The van der Waals surface area contributed by atoms with Crippen LogP contribution in [-0.2, 0) is 17.8 Å². The molecule has 0 radical (unpaired) electrons. The fourth-order valence-corrected chi connectivity index (χ4v) is 3.50. The number of ether oxygens (including phenoxy) is 1. The fourth-order valence-electron chi connectivity index (χ4n) is 3.50. The molecule has 32 heavy (non-hydrogen) atoms. The highest BCUT2D eigenvalue weighted by molar-refractivity contribution is 5.74. The van der Waals surface area contributed by atoms with Gasteiger partial charge in [0.15, 0.2) is 0 Å². The smallest absolute Gasteiger partial charge is 0.315 e. The van der Waals surface area contributed by atoms with Gasteiger partial charge in [-0.3, -0.25) is 4.90 Å². The number of carbonyl (C=O) groups is 1. The molecule has 1 unspecified atom stereocenters. The topological polar surface area (TPSA) is 92.5 Å². The van der Waals surface area contributed by atoms with E-state index in [4.69, 9.17) is 9.26 Å². The Balaban J connectivity index is 1.31. The number of nitrogens with zero attached hydrogens (tertiary/aromatic N) is 3. The van der Waals surface area contributed by atoms with Gasteiger partial charge in [-0.05, 0) is 42.3 Å². The van der Waals surface area contributed by atoms with Gasteiger partial charge in [-0.15, -0.1) is 0 Å². The summed E-state index contributed by atoms with van der Waals surface area (Å²) < 4.78 is 23.8. The molecule has 2 amide bonds. The van der Waals surface area contributed by atoms with E-state index in [1.807, 2.05) is 18.2 Å². The summed E-state index contributed by atoms with van der Waals surface area (Å²) >= 11 is 0. The van der Waals surface area contributed by atoms with Gasteiger partial charge in [-0.1, -0.05) is 29.4 Å². The lowest BCUT2D eigenvalue weighted by Crippen LogP contribution is -2.38. The second kappa shape index (κ2) is 10.3. The number of amides is 2. The summed E-state index contributed by atoms with van der Waals surface area (Å²) in [6.07, 6.45) is 0. The van der Waals surface area contributed by atoms with Gasteiger partial charge in [-0.25, -0.2) is 9.18 Å². The molecular formula is C23H26FN5O3. The van der Waals surface area contributed by atoms with Crippen molar-refractivity contribution in [3.05, 3.63) is 71.4 Å². The number of morpholine rings is 1. The van der Waals surface area contributed by atoms with E-state index >= 15 is 0 Å². The quantitative estimate of drug-likeness (QED) is 0.587. The third kappa shape index (κ3) is 5.68. The van der Waals surface area contributed by atoms with E-state index in [0.717, 1.165) is 38.4 Å². The van der Waals surface area contributed by atoms with Crippen LogP contribution >= 0.6 is 0 Å². The number of nitrogens with one attached hydrogen (secondary N) is 2. The van der Waals surface area contributed by atoms with Gasteiger partial charge >= 0.3 is 6.03 Å². The minimum absolute atomic E-state index is 0.271. The molecule has 0 aliphatic carbocycles. The van der Waals surface area contributed by atoms with E-state index in [0.29, 0.717) is 17.9 Å². The van der Waals surface area contributed by atoms with E-state index in [9.17, 15) is 9.18 Å². The van der Waals surface area contributed by atoms with Gasteiger partial charge in [0.2, 0.25) is 11.7 Å². The average Bonchev–Trinajstić information content (AvgIpc) is 3.30. The van der Waals surface area contributed by atoms with Crippen molar-refractivity contribution in [2.45, 2.75) is 26.1 Å². The zero-order valence-electron chi connectivity index (χ0n) is 17.9. The normalized spacial score (nSPS) is 15.3. The summed E-state index contributed by atoms with van der Waals surface area (Å²) in [7, 11) is 0. The molecule has 8 nitrogen and oxygen atoms in total. The summed E-state index contributed by atoms with van der Waals surface area (Å²) in [5.74, 6) is 0.272. The Morgan fingerprint density at radius 3 is 2.59 bits per heavy atom. The van der Waals surface area contributed by atoms with Gasteiger partial charge in [0.1, 0.15) is 11.9 Å². The lowest BCUT2D eigenvalue weighted by Gasteiger charge is -2.27. The van der Waals surface area contributed by atoms with Gasteiger partial charge < -0.3 is 19.9 Å². The first-order chi connectivity index (χ1) is 15.6. The van der Waals surface area contributed by atoms with Crippen LogP contribution in [0, 0.1) is 5.82 Å². The van der Waals surface area contributed by atoms with E-state index < -0.39 is 6.04 Å². The highest BCUT2D eigenvalue weighted by Crippen LogP contribution is 2.19. The van der Waals surface area contributed by atoms with Crippen LogP contribution in [0.2, 0.25) is 0 Å². The molecule has 1 aliphatic rings. The molecule has 2 heterocycles. The number of hydrogen-bond acceptors (Lipinski definition) is 6. The number of rotatable bonds is 7.